The summed E-state index contributed by atoms with van der Waals surface area (Å²) in [4.78, 5) is 22.1. The van der Waals surface area contributed by atoms with E-state index in [-0.39, 0.29) is 17.1 Å². The third-order valence-corrected chi connectivity index (χ3v) is 3.15. The number of aliphatic carboxylic acids is 1. The second kappa shape index (κ2) is 6.50. The number of rotatable bonds is 5. The van der Waals surface area contributed by atoms with Crippen LogP contribution >= 0.6 is 11.8 Å². The minimum absolute atomic E-state index is 0.0873. The highest BCUT2D eigenvalue weighted by Crippen LogP contribution is 2.05. The van der Waals surface area contributed by atoms with Crippen LogP contribution in [0.1, 0.15) is 20.8 Å². The number of hydrogen-bond donors (Lipinski definition) is 2. The highest BCUT2D eigenvalue weighted by molar-refractivity contribution is 7.99. The summed E-state index contributed by atoms with van der Waals surface area (Å²) in [5, 5.41) is 11.7. The number of amides is 1. The van der Waals surface area contributed by atoms with Gasteiger partial charge in [0.05, 0.1) is 0 Å². The van der Waals surface area contributed by atoms with Crippen molar-refractivity contribution in [3.8, 4) is 0 Å². The highest BCUT2D eigenvalue weighted by atomic mass is 32.2. The molecule has 0 saturated carbocycles. The van der Waals surface area contributed by atoms with Gasteiger partial charge in [-0.25, -0.2) is 4.79 Å². The number of carboxylic acids is 1. The largest absolute Gasteiger partial charge is 0.478 e. The van der Waals surface area contributed by atoms with E-state index in [1.165, 1.54) is 13.8 Å². The van der Waals surface area contributed by atoms with Crippen LogP contribution in [-0.2, 0) is 9.59 Å². The van der Waals surface area contributed by atoms with Gasteiger partial charge in [-0.05, 0) is 20.1 Å². The average Bonchev–Trinajstić information content (AvgIpc) is 2.22. The molecule has 0 spiro atoms. The van der Waals surface area contributed by atoms with E-state index in [0.717, 1.165) is 0 Å². The Kier molecular flexibility index (Phi) is 6.08. The van der Waals surface area contributed by atoms with Gasteiger partial charge >= 0.3 is 5.97 Å². The zero-order valence-electron chi connectivity index (χ0n) is 9.46. The third-order valence-electron chi connectivity index (χ3n) is 2.18. The van der Waals surface area contributed by atoms with Crippen molar-refractivity contribution in [3.63, 3.8) is 0 Å². The Morgan fingerprint density at radius 3 is 2.27 bits per heavy atom. The molecule has 0 bridgehead atoms. The van der Waals surface area contributed by atoms with Crippen molar-refractivity contribution < 1.29 is 14.7 Å². The molecule has 2 N–H and O–H groups in total. The van der Waals surface area contributed by atoms with Gasteiger partial charge in [-0.2, -0.15) is 11.8 Å². The lowest BCUT2D eigenvalue weighted by atomic mass is 10.1. The molecule has 4 nitrogen and oxygen atoms in total. The van der Waals surface area contributed by atoms with Crippen molar-refractivity contribution in [1.29, 1.82) is 0 Å². The van der Waals surface area contributed by atoms with Crippen molar-refractivity contribution in [1.82, 2.24) is 5.32 Å². The predicted octanol–water partition coefficient (Wildman–Crippen LogP) is 1.28. The first-order valence-electron chi connectivity index (χ1n) is 4.61. The molecular weight excluding hydrogens is 214 g/mol. The van der Waals surface area contributed by atoms with Crippen LogP contribution in [0.5, 0.6) is 0 Å². The zero-order valence-corrected chi connectivity index (χ0v) is 10.3. The van der Waals surface area contributed by atoms with Crippen LogP contribution in [0, 0.1) is 0 Å². The standard InChI is InChI=1S/C10H17NO3S/c1-6(15-4)5-11-9(12)7(2)8(3)10(13)14/h6H,5H2,1-4H3,(H,11,12)(H,13,14). The molecule has 1 amide bonds. The molecule has 0 fully saturated rings. The third kappa shape index (κ3) is 4.88. The number of nitrogens with one attached hydrogen (secondary N) is 1. The Hall–Kier alpha value is -0.970. The quantitative estimate of drug-likeness (QED) is 0.699. The zero-order chi connectivity index (χ0) is 12.0. The van der Waals surface area contributed by atoms with E-state index in [2.05, 4.69) is 5.32 Å². The Morgan fingerprint density at radius 2 is 1.87 bits per heavy atom. The smallest absolute Gasteiger partial charge is 0.331 e. The maximum absolute atomic E-state index is 11.5. The molecule has 0 aliphatic carbocycles. The second-order valence-corrected chi connectivity index (χ2v) is 4.59. The van der Waals surface area contributed by atoms with E-state index in [9.17, 15) is 9.59 Å². The van der Waals surface area contributed by atoms with Crippen molar-refractivity contribution in [3.05, 3.63) is 11.1 Å². The molecule has 86 valence electrons. The fraction of sp³-hybridized carbons (Fsp3) is 0.600. The first kappa shape index (κ1) is 14.0. The van der Waals surface area contributed by atoms with Crippen LogP contribution in [0.2, 0.25) is 0 Å². The minimum atomic E-state index is -1.06. The second-order valence-electron chi connectivity index (χ2n) is 3.31. The molecule has 0 aromatic rings. The van der Waals surface area contributed by atoms with Crippen LogP contribution < -0.4 is 5.32 Å². The number of carboxylic acid groups (broad SMARTS) is 1. The molecule has 15 heavy (non-hydrogen) atoms. The maximum Gasteiger partial charge on any atom is 0.331 e. The van der Waals surface area contributed by atoms with E-state index in [1.54, 1.807) is 11.8 Å². The molecule has 0 rings (SSSR count). The Labute approximate surface area is 94.1 Å². The molecule has 5 heteroatoms. The fourth-order valence-electron chi connectivity index (χ4n) is 0.783. The summed E-state index contributed by atoms with van der Waals surface area (Å²) >= 11 is 1.65. The van der Waals surface area contributed by atoms with Gasteiger partial charge in [0.25, 0.3) is 0 Å². The Morgan fingerprint density at radius 1 is 1.33 bits per heavy atom. The molecular formula is C10H17NO3S. The monoisotopic (exact) mass is 231 g/mol. The lowest BCUT2D eigenvalue weighted by Gasteiger charge is -2.10. The highest BCUT2D eigenvalue weighted by Gasteiger charge is 2.12. The van der Waals surface area contributed by atoms with Gasteiger partial charge in [-0.15, -0.1) is 0 Å². The predicted molar refractivity (Wildman–Crippen MR) is 62.0 cm³/mol. The molecule has 0 aromatic carbocycles. The van der Waals surface area contributed by atoms with Crippen molar-refractivity contribution >= 4 is 23.6 Å². The van der Waals surface area contributed by atoms with Crippen LogP contribution in [0.3, 0.4) is 0 Å². The fourth-order valence-corrected chi connectivity index (χ4v) is 1.03. The molecule has 0 aromatic heterocycles. The first-order valence-corrected chi connectivity index (χ1v) is 5.90. The van der Waals surface area contributed by atoms with Gasteiger partial charge in [0, 0.05) is 22.9 Å². The first-order chi connectivity index (χ1) is 6.90. The summed E-state index contributed by atoms with van der Waals surface area (Å²) in [5.74, 6) is -1.36. The SMILES string of the molecule is CSC(C)CNC(=O)C(C)=C(C)C(=O)O. The van der Waals surface area contributed by atoms with Gasteiger partial charge in [0.1, 0.15) is 0 Å². The lowest BCUT2D eigenvalue weighted by Crippen LogP contribution is -2.30. The minimum Gasteiger partial charge on any atom is -0.478 e. The summed E-state index contributed by atoms with van der Waals surface area (Å²) in [6.45, 7) is 5.48. The normalized spacial score (nSPS) is 14.1. The van der Waals surface area contributed by atoms with Gasteiger partial charge < -0.3 is 10.4 Å². The van der Waals surface area contributed by atoms with Gasteiger partial charge in [0.15, 0.2) is 0 Å². The van der Waals surface area contributed by atoms with Gasteiger partial charge in [0.2, 0.25) is 5.91 Å². The van der Waals surface area contributed by atoms with Crippen LogP contribution in [0.4, 0.5) is 0 Å². The summed E-state index contributed by atoms with van der Waals surface area (Å²) in [6.07, 6.45) is 1.96. The number of carbonyl (C=O) groups excluding carboxylic acids is 1. The topological polar surface area (TPSA) is 66.4 Å². The molecule has 0 saturated heterocycles. The van der Waals surface area contributed by atoms with Crippen molar-refractivity contribution in [2.24, 2.45) is 0 Å². The summed E-state index contributed by atoms with van der Waals surface area (Å²) in [7, 11) is 0. The van der Waals surface area contributed by atoms with E-state index in [0.29, 0.717) is 11.8 Å². The molecule has 0 aliphatic heterocycles. The van der Waals surface area contributed by atoms with E-state index >= 15 is 0 Å². The summed E-state index contributed by atoms with van der Waals surface area (Å²) in [6, 6.07) is 0. The van der Waals surface area contributed by atoms with Crippen LogP contribution in [0.25, 0.3) is 0 Å². The summed E-state index contributed by atoms with van der Waals surface area (Å²) in [5.41, 5.74) is 0.347. The number of hydrogen-bond acceptors (Lipinski definition) is 3. The van der Waals surface area contributed by atoms with E-state index < -0.39 is 5.97 Å². The van der Waals surface area contributed by atoms with Crippen LogP contribution in [0.15, 0.2) is 11.1 Å². The van der Waals surface area contributed by atoms with Crippen molar-refractivity contribution in [2.75, 3.05) is 12.8 Å². The van der Waals surface area contributed by atoms with Crippen molar-refractivity contribution in [2.45, 2.75) is 26.0 Å². The lowest BCUT2D eigenvalue weighted by molar-refractivity contribution is -0.133. The number of carbonyl (C=O) groups is 2. The molecule has 0 radical (unpaired) electrons. The van der Waals surface area contributed by atoms with Gasteiger partial charge in [-0.1, -0.05) is 6.92 Å². The molecule has 1 unspecified atom stereocenters. The number of thioether (sulfide) groups is 1. The average molecular weight is 231 g/mol. The molecule has 1 atom stereocenters. The van der Waals surface area contributed by atoms with Crippen LogP contribution in [-0.4, -0.2) is 35.0 Å². The molecule has 0 aliphatic rings. The Balaban J connectivity index is 4.34. The summed E-state index contributed by atoms with van der Waals surface area (Å²) < 4.78 is 0. The maximum atomic E-state index is 11.5. The Bertz CT molecular complexity index is 286. The van der Waals surface area contributed by atoms with E-state index in [1.807, 2.05) is 13.2 Å². The molecule has 0 heterocycles. The van der Waals surface area contributed by atoms with Gasteiger partial charge in [-0.3, -0.25) is 4.79 Å². The van der Waals surface area contributed by atoms with E-state index in [4.69, 9.17) is 5.11 Å².